The molecule has 3 aliphatic heterocycles. The van der Waals surface area contributed by atoms with Gasteiger partial charge in [-0.25, -0.2) is 4.98 Å². The molecule has 1 aromatic carbocycles. The zero-order chi connectivity index (χ0) is 17.2. The third kappa shape index (κ3) is 3.50. The maximum Gasteiger partial charge on any atom is 0.251 e. The van der Waals surface area contributed by atoms with E-state index in [1.807, 2.05) is 6.07 Å². The summed E-state index contributed by atoms with van der Waals surface area (Å²) < 4.78 is 5.65. The molecule has 0 radical (unpaired) electrons. The summed E-state index contributed by atoms with van der Waals surface area (Å²) in [5.41, 5.74) is 0.630. The van der Waals surface area contributed by atoms with Gasteiger partial charge in [0.2, 0.25) is 5.06 Å². The summed E-state index contributed by atoms with van der Waals surface area (Å²) in [5, 5.41) is 12.9. The average Bonchev–Trinajstić information content (AvgIpc) is 3.11. The number of thiazole rings is 1. The van der Waals surface area contributed by atoms with Crippen molar-refractivity contribution in [1.29, 1.82) is 5.26 Å². The van der Waals surface area contributed by atoms with Crippen molar-refractivity contribution in [3.63, 3.8) is 0 Å². The number of carbonyl (C=O) groups is 1. The summed E-state index contributed by atoms with van der Waals surface area (Å²) in [7, 11) is 0. The Morgan fingerprint density at radius 3 is 2.68 bits per heavy atom. The SMILES string of the molecule is N#Cc1ncc(Oc2ccc(C(=O)N[C@H]3CN4CCC3CC4)cc2)s1. The van der Waals surface area contributed by atoms with E-state index in [9.17, 15) is 4.79 Å². The standard InChI is InChI=1S/C18H18N4O2S/c19-9-16-20-10-17(25-16)24-14-3-1-13(2-4-14)18(23)21-15-11-22-7-5-12(15)6-8-22/h1-4,10,12,15H,5-8,11H2,(H,21,23)/t15-/m0/s1. The van der Waals surface area contributed by atoms with Crippen LogP contribution in [0.5, 0.6) is 10.8 Å². The first-order valence-electron chi connectivity index (χ1n) is 8.38. The summed E-state index contributed by atoms with van der Waals surface area (Å²) in [6, 6.07) is 9.28. The van der Waals surface area contributed by atoms with Gasteiger partial charge in [0.25, 0.3) is 5.91 Å². The van der Waals surface area contributed by atoms with Crippen molar-refractivity contribution in [2.45, 2.75) is 18.9 Å². The molecule has 0 aliphatic carbocycles. The summed E-state index contributed by atoms with van der Waals surface area (Å²) in [5.74, 6) is 1.19. The van der Waals surface area contributed by atoms with Gasteiger partial charge in [-0.1, -0.05) is 11.3 Å². The number of fused-ring (bicyclic) bond motifs is 3. The molecule has 128 valence electrons. The van der Waals surface area contributed by atoms with Crippen LogP contribution in [0, 0.1) is 17.2 Å². The van der Waals surface area contributed by atoms with E-state index in [2.05, 4.69) is 15.2 Å². The van der Waals surface area contributed by atoms with Crippen LogP contribution >= 0.6 is 11.3 Å². The highest BCUT2D eigenvalue weighted by atomic mass is 32.1. The number of carbonyl (C=O) groups excluding carboxylic acids is 1. The van der Waals surface area contributed by atoms with Gasteiger partial charge in [-0.05, 0) is 56.1 Å². The number of nitriles is 1. The Balaban J connectivity index is 1.38. The lowest BCUT2D eigenvalue weighted by Gasteiger charge is -2.44. The molecule has 3 fully saturated rings. The quantitative estimate of drug-likeness (QED) is 0.913. The fraction of sp³-hybridized carbons (Fsp3) is 0.389. The number of nitrogens with zero attached hydrogens (tertiary/aromatic N) is 3. The lowest BCUT2D eigenvalue weighted by molar-refractivity contribution is 0.0620. The van der Waals surface area contributed by atoms with Crippen molar-refractivity contribution in [3.05, 3.63) is 41.0 Å². The summed E-state index contributed by atoms with van der Waals surface area (Å²) in [6.07, 6.45) is 3.88. The molecule has 3 aliphatic rings. The first kappa shape index (κ1) is 16.1. The molecule has 7 heteroatoms. The van der Waals surface area contributed by atoms with Gasteiger partial charge in [0.15, 0.2) is 5.01 Å². The van der Waals surface area contributed by atoms with Gasteiger partial charge >= 0.3 is 0 Å². The van der Waals surface area contributed by atoms with Crippen LogP contribution in [-0.4, -0.2) is 41.5 Å². The number of amides is 1. The zero-order valence-corrected chi connectivity index (χ0v) is 14.5. The van der Waals surface area contributed by atoms with Crippen LogP contribution in [0.1, 0.15) is 28.2 Å². The van der Waals surface area contributed by atoms with Crippen molar-refractivity contribution in [3.8, 4) is 16.9 Å². The van der Waals surface area contributed by atoms with E-state index in [-0.39, 0.29) is 11.9 Å². The molecule has 25 heavy (non-hydrogen) atoms. The second-order valence-electron chi connectivity index (χ2n) is 6.44. The first-order valence-corrected chi connectivity index (χ1v) is 9.20. The predicted molar refractivity (Wildman–Crippen MR) is 93.8 cm³/mol. The minimum absolute atomic E-state index is 0.0325. The Kier molecular flexibility index (Phi) is 4.38. The fourth-order valence-electron chi connectivity index (χ4n) is 3.53. The molecule has 2 bridgehead atoms. The maximum absolute atomic E-state index is 12.5. The smallest absolute Gasteiger partial charge is 0.251 e. The highest BCUT2D eigenvalue weighted by Gasteiger charge is 2.34. The molecule has 0 unspecified atom stereocenters. The van der Waals surface area contributed by atoms with Crippen molar-refractivity contribution in [1.82, 2.24) is 15.2 Å². The summed E-state index contributed by atoms with van der Waals surface area (Å²) in [6.45, 7) is 3.28. The van der Waals surface area contributed by atoms with Crippen molar-refractivity contribution in [2.24, 2.45) is 5.92 Å². The lowest BCUT2D eigenvalue weighted by Crippen LogP contribution is -2.57. The summed E-state index contributed by atoms with van der Waals surface area (Å²) in [4.78, 5) is 18.8. The van der Waals surface area contributed by atoms with Crippen LogP contribution in [0.2, 0.25) is 0 Å². The number of ether oxygens (including phenoxy) is 1. The molecule has 0 saturated carbocycles. The molecule has 0 spiro atoms. The lowest BCUT2D eigenvalue weighted by atomic mass is 9.84. The molecule has 2 aromatic rings. The second-order valence-corrected chi connectivity index (χ2v) is 7.43. The van der Waals surface area contributed by atoms with Crippen LogP contribution in [0.4, 0.5) is 0 Å². The topological polar surface area (TPSA) is 78.2 Å². The number of hydrogen-bond donors (Lipinski definition) is 1. The molecule has 3 saturated heterocycles. The molecule has 6 nitrogen and oxygen atoms in total. The fourth-order valence-corrected chi connectivity index (χ4v) is 4.11. The van der Waals surface area contributed by atoms with Crippen LogP contribution in [0.3, 0.4) is 0 Å². The minimum Gasteiger partial charge on any atom is -0.445 e. The van der Waals surface area contributed by atoms with E-state index in [0.717, 1.165) is 19.6 Å². The number of benzene rings is 1. The highest BCUT2D eigenvalue weighted by molar-refractivity contribution is 7.13. The van der Waals surface area contributed by atoms with Crippen LogP contribution in [-0.2, 0) is 0 Å². The third-order valence-corrected chi connectivity index (χ3v) is 5.67. The summed E-state index contributed by atoms with van der Waals surface area (Å²) >= 11 is 1.19. The van der Waals surface area contributed by atoms with Crippen molar-refractivity contribution < 1.29 is 9.53 Å². The van der Waals surface area contributed by atoms with E-state index < -0.39 is 0 Å². The van der Waals surface area contributed by atoms with Crippen LogP contribution < -0.4 is 10.1 Å². The first-order chi connectivity index (χ1) is 12.2. The number of nitrogens with one attached hydrogen (secondary N) is 1. The second kappa shape index (κ2) is 6.82. The van der Waals surface area contributed by atoms with Gasteiger partial charge in [0.1, 0.15) is 11.8 Å². The van der Waals surface area contributed by atoms with E-state index >= 15 is 0 Å². The van der Waals surface area contributed by atoms with Gasteiger partial charge in [0.05, 0.1) is 6.20 Å². The molecule has 5 rings (SSSR count). The average molecular weight is 354 g/mol. The van der Waals surface area contributed by atoms with Gasteiger partial charge in [-0.3, -0.25) is 4.79 Å². The Labute approximate surface area is 150 Å². The normalized spacial score (nSPS) is 24.5. The van der Waals surface area contributed by atoms with Gasteiger partial charge in [-0.15, -0.1) is 0 Å². The zero-order valence-electron chi connectivity index (χ0n) is 13.6. The minimum atomic E-state index is -0.0325. The Bertz CT molecular complexity index is 803. The Morgan fingerprint density at radius 2 is 2.08 bits per heavy atom. The Morgan fingerprint density at radius 1 is 1.32 bits per heavy atom. The van der Waals surface area contributed by atoms with Gasteiger partial charge in [0, 0.05) is 18.2 Å². The monoisotopic (exact) mass is 354 g/mol. The van der Waals surface area contributed by atoms with E-state index in [1.165, 1.54) is 30.4 Å². The molecule has 1 aromatic heterocycles. The van der Waals surface area contributed by atoms with Crippen LogP contribution in [0.15, 0.2) is 30.5 Å². The number of piperidine rings is 3. The Hall–Kier alpha value is -2.43. The maximum atomic E-state index is 12.5. The molecule has 1 amide bonds. The predicted octanol–water partition coefficient (Wildman–Crippen LogP) is 2.63. The van der Waals surface area contributed by atoms with Crippen molar-refractivity contribution in [2.75, 3.05) is 19.6 Å². The third-order valence-electron chi connectivity index (χ3n) is 4.89. The number of hydrogen-bond acceptors (Lipinski definition) is 6. The largest absolute Gasteiger partial charge is 0.445 e. The van der Waals surface area contributed by atoms with Crippen molar-refractivity contribution >= 4 is 17.2 Å². The highest BCUT2D eigenvalue weighted by Crippen LogP contribution is 2.29. The molecular formula is C18H18N4O2S. The number of aromatic nitrogens is 1. The molecular weight excluding hydrogens is 336 g/mol. The number of rotatable bonds is 4. The van der Waals surface area contributed by atoms with Gasteiger partial charge < -0.3 is 15.0 Å². The van der Waals surface area contributed by atoms with E-state index in [4.69, 9.17) is 10.00 Å². The molecule has 1 N–H and O–H groups in total. The molecule has 4 heterocycles. The van der Waals surface area contributed by atoms with Gasteiger partial charge in [-0.2, -0.15) is 5.26 Å². The van der Waals surface area contributed by atoms with E-state index in [1.54, 1.807) is 24.3 Å². The van der Waals surface area contributed by atoms with Crippen LogP contribution in [0.25, 0.3) is 0 Å². The molecule has 1 atom stereocenters. The van der Waals surface area contributed by atoms with E-state index in [0.29, 0.717) is 27.3 Å².